The van der Waals surface area contributed by atoms with Crippen molar-refractivity contribution in [1.29, 1.82) is 0 Å². The molecule has 0 aromatic rings. The third-order valence-electron chi connectivity index (χ3n) is 13.5. The number of hydrogen-bond acceptors (Lipinski definition) is 11. The molecule has 1 rings (SSSR count). The number of ether oxygens (including phenoxy) is 5. The first-order chi connectivity index (χ1) is 36.6. The van der Waals surface area contributed by atoms with Gasteiger partial charge >= 0.3 is 23.9 Å². The van der Waals surface area contributed by atoms with Crippen molar-refractivity contribution in [1.82, 2.24) is 0 Å². The monoisotopic (exact) mass is 1060 g/mol. The number of hydrogen-bond donors (Lipinski definition) is 3. The second-order valence-corrected chi connectivity index (χ2v) is 20.6. The van der Waals surface area contributed by atoms with Crippen molar-refractivity contribution in [3.63, 3.8) is 0 Å². The molecule has 0 amide bonds. The van der Waals surface area contributed by atoms with E-state index in [-0.39, 0.29) is 25.9 Å². The topological polar surface area (TPSA) is 175 Å². The Hall–Kier alpha value is -3.58. The van der Waals surface area contributed by atoms with Gasteiger partial charge in [0.1, 0.15) is 18.8 Å². The van der Waals surface area contributed by atoms with Gasteiger partial charge in [0.25, 0.3) is 0 Å². The van der Waals surface area contributed by atoms with Crippen LogP contribution in [0.3, 0.4) is 0 Å². The van der Waals surface area contributed by atoms with Gasteiger partial charge in [0.2, 0.25) is 0 Å². The number of rotatable bonds is 51. The van der Waals surface area contributed by atoms with E-state index in [1.54, 1.807) is 0 Å². The van der Waals surface area contributed by atoms with Gasteiger partial charge in [0.15, 0.2) is 24.6 Å². The van der Waals surface area contributed by atoms with Gasteiger partial charge in [0, 0.05) is 19.3 Å². The van der Waals surface area contributed by atoms with Crippen LogP contribution >= 0.6 is 0 Å². The second-order valence-electron chi connectivity index (χ2n) is 20.6. The van der Waals surface area contributed by atoms with E-state index in [0.717, 1.165) is 122 Å². The Morgan fingerprint density at radius 2 is 0.827 bits per heavy atom. The lowest BCUT2D eigenvalue weighted by molar-refractivity contribution is -0.301. The lowest BCUT2D eigenvalue weighted by Crippen LogP contribution is -2.61. The van der Waals surface area contributed by atoms with Gasteiger partial charge in [-0.2, -0.15) is 0 Å². The highest BCUT2D eigenvalue weighted by molar-refractivity contribution is 5.74. The number of unbranched alkanes of at least 4 members (excludes halogenated alkanes) is 27. The van der Waals surface area contributed by atoms with Crippen LogP contribution in [0, 0.1) is 0 Å². The quantitative estimate of drug-likeness (QED) is 0.0228. The standard InChI is InChI=1S/C63H108O12/c1-4-7-10-13-16-19-22-25-26-27-28-29-30-33-34-37-40-43-46-49-55(64)71-52-54(73-56(65)50-47-44-41-38-35-31-23-20-17-14-11-8-5-2)53-72-63-61(59(68)58(67)60(75-63)62(69)70)74-57(66)51-48-45-42-39-36-32-24-21-18-15-12-9-6-3/h12,15-16,19,21,24-26,28-29,54,58-61,63,67-68H,4-11,13-14,17-18,20,22-23,27,30-53H2,1-3H3,(H,69,70)/b15-12-,19-16-,24-21-,26-25-,29-28-. The molecule has 1 heterocycles. The first kappa shape index (κ1) is 69.4. The summed E-state index contributed by atoms with van der Waals surface area (Å²) in [4.78, 5) is 51.1. The van der Waals surface area contributed by atoms with E-state index in [1.165, 1.54) is 83.5 Å². The molecule has 0 spiro atoms. The van der Waals surface area contributed by atoms with E-state index in [1.807, 2.05) is 0 Å². The van der Waals surface area contributed by atoms with Crippen LogP contribution in [0.15, 0.2) is 60.8 Å². The highest BCUT2D eigenvalue weighted by Gasteiger charge is 2.50. The average molecular weight is 1060 g/mol. The van der Waals surface area contributed by atoms with E-state index in [0.29, 0.717) is 19.3 Å². The van der Waals surface area contributed by atoms with E-state index < -0.39 is 67.3 Å². The zero-order chi connectivity index (χ0) is 54.7. The number of aliphatic hydroxyl groups excluding tert-OH is 2. The first-order valence-electron chi connectivity index (χ1n) is 30.3. The lowest BCUT2D eigenvalue weighted by Gasteiger charge is -2.40. The predicted octanol–water partition coefficient (Wildman–Crippen LogP) is 15.6. The zero-order valence-corrected chi connectivity index (χ0v) is 47.5. The third-order valence-corrected chi connectivity index (χ3v) is 13.5. The number of carboxylic acid groups (broad SMARTS) is 1. The van der Waals surface area contributed by atoms with Gasteiger partial charge in [-0.15, -0.1) is 0 Å². The van der Waals surface area contributed by atoms with E-state index >= 15 is 0 Å². The van der Waals surface area contributed by atoms with Crippen LogP contribution in [-0.2, 0) is 42.9 Å². The van der Waals surface area contributed by atoms with Crippen molar-refractivity contribution in [2.45, 2.75) is 302 Å². The zero-order valence-electron chi connectivity index (χ0n) is 47.5. The maximum absolute atomic E-state index is 13.1. The van der Waals surface area contributed by atoms with Crippen molar-refractivity contribution in [3.05, 3.63) is 60.8 Å². The Bertz CT molecular complexity index is 1540. The Morgan fingerprint density at radius 3 is 1.29 bits per heavy atom. The molecule has 432 valence electrons. The van der Waals surface area contributed by atoms with Crippen molar-refractivity contribution in [2.24, 2.45) is 0 Å². The minimum atomic E-state index is -1.91. The molecule has 0 saturated carbocycles. The number of carbonyl (C=O) groups is 4. The highest BCUT2D eigenvalue weighted by atomic mass is 16.7. The second kappa shape index (κ2) is 51.2. The van der Waals surface area contributed by atoms with Crippen LogP contribution in [0.1, 0.15) is 265 Å². The van der Waals surface area contributed by atoms with Gasteiger partial charge in [-0.05, 0) is 83.5 Å². The molecule has 75 heavy (non-hydrogen) atoms. The third kappa shape index (κ3) is 41.2. The average Bonchev–Trinajstić information content (AvgIpc) is 3.39. The fourth-order valence-electron chi connectivity index (χ4n) is 8.88. The molecule has 1 aliphatic heterocycles. The molecule has 0 aromatic heterocycles. The van der Waals surface area contributed by atoms with Crippen molar-refractivity contribution in [3.8, 4) is 0 Å². The minimum Gasteiger partial charge on any atom is -0.479 e. The fourth-order valence-corrected chi connectivity index (χ4v) is 8.88. The van der Waals surface area contributed by atoms with Crippen LogP contribution in [0.2, 0.25) is 0 Å². The molecule has 12 nitrogen and oxygen atoms in total. The van der Waals surface area contributed by atoms with Gasteiger partial charge in [-0.25, -0.2) is 4.79 Å². The summed E-state index contributed by atoms with van der Waals surface area (Å²) in [6.45, 7) is 5.89. The fraction of sp³-hybridized carbons (Fsp3) is 0.778. The summed E-state index contributed by atoms with van der Waals surface area (Å²) >= 11 is 0. The van der Waals surface area contributed by atoms with E-state index in [2.05, 4.69) is 81.5 Å². The largest absolute Gasteiger partial charge is 0.479 e. The molecule has 6 unspecified atom stereocenters. The lowest BCUT2D eigenvalue weighted by atomic mass is 9.98. The summed E-state index contributed by atoms with van der Waals surface area (Å²) in [5.41, 5.74) is 0. The van der Waals surface area contributed by atoms with Crippen LogP contribution in [0.25, 0.3) is 0 Å². The molecule has 3 N–H and O–H groups in total. The molecule has 0 bridgehead atoms. The van der Waals surface area contributed by atoms with Crippen LogP contribution in [0.4, 0.5) is 0 Å². The smallest absolute Gasteiger partial charge is 0.335 e. The molecular formula is C63H108O12. The van der Waals surface area contributed by atoms with Crippen molar-refractivity contribution >= 4 is 23.9 Å². The van der Waals surface area contributed by atoms with Gasteiger partial charge in [-0.1, -0.05) is 223 Å². The van der Waals surface area contributed by atoms with Crippen LogP contribution in [0.5, 0.6) is 0 Å². The highest BCUT2D eigenvalue weighted by Crippen LogP contribution is 2.26. The molecule has 0 aromatic carbocycles. The van der Waals surface area contributed by atoms with Crippen molar-refractivity contribution in [2.75, 3.05) is 13.2 Å². The number of carboxylic acids is 1. The molecule has 1 fully saturated rings. The molecule has 0 radical (unpaired) electrons. The molecule has 0 aliphatic carbocycles. The maximum atomic E-state index is 13.1. The maximum Gasteiger partial charge on any atom is 0.335 e. The summed E-state index contributed by atoms with van der Waals surface area (Å²) in [5, 5.41) is 31.5. The van der Waals surface area contributed by atoms with Crippen molar-refractivity contribution < 1.29 is 58.2 Å². The minimum absolute atomic E-state index is 0.0433. The predicted molar refractivity (Wildman–Crippen MR) is 303 cm³/mol. The number of aliphatic hydroxyl groups is 2. The molecule has 6 atom stereocenters. The van der Waals surface area contributed by atoms with Crippen LogP contribution in [-0.4, -0.2) is 89.2 Å². The number of esters is 3. The van der Waals surface area contributed by atoms with Crippen LogP contribution < -0.4 is 0 Å². The molecule has 1 saturated heterocycles. The first-order valence-corrected chi connectivity index (χ1v) is 30.3. The Labute approximate surface area is 456 Å². The normalized spacial score (nSPS) is 18.5. The Morgan fingerprint density at radius 1 is 0.440 bits per heavy atom. The summed E-state index contributed by atoms with van der Waals surface area (Å²) in [7, 11) is 0. The van der Waals surface area contributed by atoms with Gasteiger partial charge in [-0.3, -0.25) is 14.4 Å². The summed E-state index contributed by atoms with van der Waals surface area (Å²) in [6.07, 6.45) is 50.4. The molecular weight excluding hydrogens is 949 g/mol. The van der Waals surface area contributed by atoms with E-state index in [4.69, 9.17) is 23.7 Å². The van der Waals surface area contributed by atoms with Gasteiger partial charge < -0.3 is 39.0 Å². The number of carbonyl (C=O) groups excluding carboxylic acids is 3. The molecule has 1 aliphatic rings. The Kier molecular flexibility index (Phi) is 47.4. The summed E-state index contributed by atoms with van der Waals surface area (Å²) in [5.74, 6) is -3.14. The summed E-state index contributed by atoms with van der Waals surface area (Å²) < 4.78 is 28.4. The number of aliphatic carboxylic acids is 1. The SMILES string of the molecule is CCC/C=C\C/C=C\CCCCCCCC(=O)OC1C(OCC(COC(=O)CCCCCCCC/C=C\C/C=C\C/C=C\CCCCC)OC(=O)CCCCCCCCCCCCCCC)OC(C(=O)O)C(O)C1O. The number of allylic oxidation sites excluding steroid dienone is 10. The Balaban J connectivity index is 2.68. The van der Waals surface area contributed by atoms with Gasteiger partial charge in [0.05, 0.1) is 6.61 Å². The van der Waals surface area contributed by atoms with E-state index in [9.17, 15) is 34.5 Å². The molecule has 12 heteroatoms. The summed E-state index contributed by atoms with van der Waals surface area (Å²) in [6, 6.07) is 0.